The minimum atomic E-state index is 0.0826. The highest BCUT2D eigenvalue weighted by Crippen LogP contribution is 2.42. The van der Waals surface area contributed by atoms with Crippen LogP contribution in [0.25, 0.3) is 0 Å². The Balaban J connectivity index is 1.20. The van der Waals surface area contributed by atoms with Crippen LogP contribution in [0.15, 0.2) is 24.3 Å². The molecule has 6 heteroatoms. The van der Waals surface area contributed by atoms with Crippen LogP contribution in [0.1, 0.15) is 24.8 Å². The number of ether oxygens (including phenoxy) is 3. The summed E-state index contributed by atoms with van der Waals surface area (Å²) in [5, 5.41) is 0. The number of likely N-dealkylation sites (tertiary alicyclic amines) is 1. The molecular weight excluding hydrogens is 356 g/mol. The number of nitrogens with zero attached hydrogens (tertiary/aromatic N) is 2. The van der Waals surface area contributed by atoms with Crippen LogP contribution in [0.5, 0.6) is 5.75 Å². The lowest BCUT2D eigenvalue weighted by Gasteiger charge is -2.38. The van der Waals surface area contributed by atoms with E-state index in [9.17, 15) is 4.79 Å². The summed E-state index contributed by atoms with van der Waals surface area (Å²) in [7, 11) is 0. The van der Waals surface area contributed by atoms with Gasteiger partial charge in [0.2, 0.25) is 0 Å². The van der Waals surface area contributed by atoms with Crippen molar-refractivity contribution in [1.29, 1.82) is 0 Å². The van der Waals surface area contributed by atoms with E-state index >= 15 is 0 Å². The highest BCUT2D eigenvalue weighted by atomic mass is 16.5. The topological polar surface area (TPSA) is 51.2 Å². The number of amides is 1. The minimum absolute atomic E-state index is 0.0826. The lowest BCUT2D eigenvalue weighted by Crippen LogP contribution is -2.45. The maximum absolute atomic E-state index is 12.5. The number of aryl methyl sites for hydroxylation is 1. The van der Waals surface area contributed by atoms with E-state index in [2.05, 4.69) is 4.90 Å². The predicted octanol–water partition coefficient (Wildman–Crippen LogP) is 2.10. The molecule has 1 aromatic carbocycles. The SMILES string of the molecule is Cc1ccc(OCC(=O)N2CCC3(CC2)CO[C@H](CN2CCOCC2)C3)cc1. The van der Waals surface area contributed by atoms with Gasteiger partial charge in [0.25, 0.3) is 5.91 Å². The molecule has 3 fully saturated rings. The van der Waals surface area contributed by atoms with Crippen molar-refractivity contribution in [3.8, 4) is 5.75 Å². The van der Waals surface area contributed by atoms with Gasteiger partial charge >= 0.3 is 0 Å². The molecule has 3 aliphatic rings. The number of morpholine rings is 1. The molecule has 0 N–H and O–H groups in total. The summed E-state index contributed by atoms with van der Waals surface area (Å²) in [6.07, 6.45) is 3.50. The van der Waals surface area contributed by atoms with Gasteiger partial charge < -0.3 is 19.1 Å². The van der Waals surface area contributed by atoms with Gasteiger partial charge in [0.15, 0.2) is 6.61 Å². The molecule has 6 nitrogen and oxygen atoms in total. The van der Waals surface area contributed by atoms with Gasteiger partial charge in [-0.3, -0.25) is 9.69 Å². The fourth-order valence-corrected chi connectivity index (χ4v) is 4.53. The van der Waals surface area contributed by atoms with Crippen molar-refractivity contribution in [3.05, 3.63) is 29.8 Å². The number of carbonyl (C=O) groups excluding carboxylic acids is 1. The van der Waals surface area contributed by atoms with Gasteiger partial charge in [-0.1, -0.05) is 17.7 Å². The molecule has 3 heterocycles. The first-order valence-electron chi connectivity index (χ1n) is 10.5. The number of hydrogen-bond donors (Lipinski definition) is 0. The van der Waals surface area contributed by atoms with Crippen LogP contribution in [0.2, 0.25) is 0 Å². The summed E-state index contributed by atoms with van der Waals surface area (Å²) in [6.45, 7) is 9.31. The molecule has 1 amide bonds. The van der Waals surface area contributed by atoms with E-state index in [0.717, 1.165) is 77.6 Å². The van der Waals surface area contributed by atoms with E-state index in [1.165, 1.54) is 5.56 Å². The Morgan fingerprint density at radius 3 is 2.57 bits per heavy atom. The van der Waals surface area contributed by atoms with Crippen molar-refractivity contribution in [2.75, 3.05) is 59.2 Å². The van der Waals surface area contributed by atoms with Crippen LogP contribution in [-0.2, 0) is 14.3 Å². The molecule has 1 aromatic rings. The molecule has 4 rings (SSSR count). The third-order valence-corrected chi connectivity index (χ3v) is 6.41. The summed E-state index contributed by atoms with van der Waals surface area (Å²) >= 11 is 0. The van der Waals surface area contributed by atoms with Gasteiger partial charge in [-0.15, -0.1) is 0 Å². The monoisotopic (exact) mass is 388 g/mol. The summed E-state index contributed by atoms with van der Waals surface area (Å²) in [4.78, 5) is 16.9. The zero-order valence-corrected chi connectivity index (χ0v) is 16.9. The zero-order chi connectivity index (χ0) is 19.4. The smallest absolute Gasteiger partial charge is 0.260 e. The van der Waals surface area contributed by atoms with E-state index < -0.39 is 0 Å². The van der Waals surface area contributed by atoms with Crippen molar-refractivity contribution in [1.82, 2.24) is 9.80 Å². The van der Waals surface area contributed by atoms with Gasteiger partial charge in [-0.05, 0) is 43.7 Å². The van der Waals surface area contributed by atoms with Crippen molar-refractivity contribution < 1.29 is 19.0 Å². The quantitative estimate of drug-likeness (QED) is 0.773. The number of hydrogen-bond acceptors (Lipinski definition) is 5. The molecule has 0 aliphatic carbocycles. The molecule has 0 aromatic heterocycles. The third kappa shape index (κ3) is 4.85. The Bertz CT molecular complexity index is 649. The van der Waals surface area contributed by atoms with Gasteiger partial charge in [0.05, 0.1) is 25.9 Å². The molecule has 1 spiro atoms. The van der Waals surface area contributed by atoms with Crippen molar-refractivity contribution in [3.63, 3.8) is 0 Å². The fraction of sp³-hybridized carbons (Fsp3) is 0.682. The third-order valence-electron chi connectivity index (χ3n) is 6.41. The van der Waals surface area contributed by atoms with Crippen molar-refractivity contribution in [2.45, 2.75) is 32.3 Å². The van der Waals surface area contributed by atoms with Crippen molar-refractivity contribution in [2.24, 2.45) is 5.41 Å². The molecule has 3 saturated heterocycles. The Hall–Kier alpha value is -1.63. The molecule has 0 radical (unpaired) electrons. The summed E-state index contributed by atoms with van der Waals surface area (Å²) in [5.41, 5.74) is 1.44. The second-order valence-electron chi connectivity index (χ2n) is 8.53. The number of carbonyl (C=O) groups is 1. The summed E-state index contributed by atoms with van der Waals surface area (Å²) in [6, 6.07) is 7.83. The molecule has 0 unspecified atom stereocenters. The Kier molecular flexibility index (Phi) is 6.19. The predicted molar refractivity (Wildman–Crippen MR) is 107 cm³/mol. The van der Waals surface area contributed by atoms with Crippen LogP contribution in [0.4, 0.5) is 0 Å². The van der Waals surface area contributed by atoms with Gasteiger partial charge in [-0.25, -0.2) is 0 Å². The first kappa shape index (κ1) is 19.7. The molecule has 3 aliphatic heterocycles. The second kappa shape index (κ2) is 8.80. The summed E-state index contributed by atoms with van der Waals surface area (Å²) < 4.78 is 17.2. The Labute approximate surface area is 167 Å². The van der Waals surface area contributed by atoms with Crippen LogP contribution in [0, 0.1) is 12.3 Å². The highest BCUT2D eigenvalue weighted by molar-refractivity contribution is 5.77. The molecule has 154 valence electrons. The molecule has 1 atom stereocenters. The number of rotatable bonds is 5. The molecule has 28 heavy (non-hydrogen) atoms. The second-order valence-corrected chi connectivity index (χ2v) is 8.53. The lowest BCUT2D eigenvalue weighted by molar-refractivity contribution is -0.135. The van der Waals surface area contributed by atoms with Crippen LogP contribution < -0.4 is 4.74 Å². The maximum atomic E-state index is 12.5. The maximum Gasteiger partial charge on any atom is 0.260 e. The highest BCUT2D eigenvalue weighted by Gasteiger charge is 2.43. The first-order chi connectivity index (χ1) is 13.6. The van der Waals surface area contributed by atoms with Crippen LogP contribution in [0.3, 0.4) is 0 Å². The average molecular weight is 389 g/mol. The van der Waals surface area contributed by atoms with Crippen LogP contribution >= 0.6 is 0 Å². The normalized spacial score (nSPS) is 25.2. The Morgan fingerprint density at radius 1 is 1.14 bits per heavy atom. The van der Waals surface area contributed by atoms with Crippen LogP contribution in [-0.4, -0.2) is 81.0 Å². The number of benzene rings is 1. The summed E-state index contributed by atoms with van der Waals surface area (Å²) in [5.74, 6) is 0.835. The standard InChI is InChI=1S/C22H32N2O4/c1-18-2-4-19(5-3-18)27-16-21(25)24-8-6-22(7-9-24)14-20(28-17-22)15-23-10-12-26-13-11-23/h2-5,20H,6-17H2,1H3/t20-/m0/s1. The van der Waals surface area contributed by atoms with Gasteiger partial charge in [0, 0.05) is 32.7 Å². The van der Waals surface area contributed by atoms with E-state index in [-0.39, 0.29) is 17.9 Å². The first-order valence-corrected chi connectivity index (χ1v) is 10.5. The number of piperidine rings is 1. The average Bonchev–Trinajstić information content (AvgIpc) is 3.10. The minimum Gasteiger partial charge on any atom is -0.484 e. The molecular formula is C22H32N2O4. The van der Waals surface area contributed by atoms with E-state index in [4.69, 9.17) is 14.2 Å². The van der Waals surface area contributed by atoms with Gasteiger partial charge in [-0.2, -0.15) is 0 Å². The molecule has 0 bridgehead atoms. The fourth-order valence-electron chi connectivity index (χ4n) is 4.53. The lowest BCUT2D eigenvalue weighted by atomic mass is 9.76. The van der Waals surface area contributed by atoms with Gasteiger partial charge in [0.1, 0.15) is 5.75 Å². The Morgan fingerprint density at radius 2 is 1.86 bits per heavy atom. The van der Waals surface area contributed by atoms with Crippen molar-refractivity contribution >= 4 is 5.91 Å². The molecule has 0 saturated carbocycles. The van der Waals surface area contributed by atoms with E-state index in [1.54, 1.807) is 0 Å². The van der Waals surface area contributed by atoms with E-state index in [1.807, 2.05) is 36.1 Å². The van der Waals surface area contributed by atoms with E-state index in [0.29, 0.717) is 6.10 Å². The zero-order valence-electron chi connectivity index (χ0n) is 16.9. The largest absolute Gasteiger partial charge is 0.484 e.